The smallest absolute Gasteiger partial charge is 0.213 e. The van der Waals surface area contributed by atoms with E-state index in [1.807, 2.05) is 36.6 Å². The molecule has 0 spiro atoms. The Balaban J connectivity index is 2.14. The molecule has 19 heavy (non-hydrogen) atoms. The molecule has 0 aliphatic carbocycles. The third kappa shape index (κ3) is 3.58. The van der Waals surface area contributed by atoms with Gasteiger partial charge in [0.1, 0.15) is 5.75 Å². The zero-order valence-corrected chi connectivity index (χ0v) is 11.7. The van der Waals surface area contributed by atoms with Crippen LogP contribution in [0.15, 0.2) is 41.8 Å². The van der Waals surface area contributed by atoms with E-state index in [0.717, 1.165) is 11.3 Å². The number of thiophene rings is 1. The molecule has 1 atom stereocenters. The van der Waals surface area contributed by atoms with Crippen molar-refractivity contribution in [3.05, 3.63) is 46.7 Å². The van der Waals surface area contributed by atoms with Gasteiger partial charge in [0, 0.05) is 11.8 Å². The van der Waals surface area contributed by atoms with Crippen molar-refractivity contribution >= 4 is 22.8 Å². The van der Waals surface area contributed by atoms with Gasteiger partial charge in [0.15, 0.2) is 6.10 Å². The molecule has 0 aliphatic rings. The van der Waals surface area contributed by atoms with Crippen LogP contribution < -0.4 is 10.5 Å². The normalized spacial score (nSPS) is 12.1. The second-order valence-corrected chi connectivity index (χ2v) is 5.26. The van der Waals surface area contributed by atoms with Crippen molar-refractivity contribution in [1.82, 2.24) is 0 Å². The predicted octanol–water partition coefficient (Wildman–Crippen LogP) is 3.76. The van der Waals surface area contributed by atoms with Crippen molar-refractivity contribution < 1.29 is 9.53 Å². The Hall–Kier alpha value is -1.81. The minimum atomic E-state index is -0.439. The first-order valence-corrected chi connectivity index (χ1v) is 7.18. The van der Waals surface area contributed by atoms with Gasteiger partial charge < -0.3 is 10.5 Å². The molecule has 3 nitrogen and oxygen atoms in total. The SMILES string of the molecule is CCCC(Oc1cccc(N)c1)C(=O)c1cccs1. The number of ether oxygens (including phenoxy) is 1. The average Bonchev–Trinajstić information content (AvgIpc) is 2.91. The van der Waals surface area contributed by atoms with Crippen LogP contribution in [0.3, 0.4) is 0 Å². The Bertz CT molecular complexity index is 537. The van der Waals surface area contributed by atoms with Crippen LogP contribution in [0.1, 0.15) is 29.4 Å². The number of ketones is 1. The molecular formula is C15H17NO2S. The third-order valence-electron chi connectivity index (χ3n) is 2.74. The highest BCUT2D eigenvalue weighted by atomic mass is 32.1. The summed E-state index contributed by atoms with van der Waals surface area (Å²) in [6.45, 7) is 2.04. The minimum Gasteiger partial charge on any atom is -0.482 e. The zero-order valence-electron chi connectivity index (χ0n) is 10.8. The van der Waals surface area contributed by atoms with Gasteiger partial charge in [0.2, 0.25) is 5.78 Å². The van der Waals surface area contributed by atoms with Crippen LogP contribution in [0.5, 0.6) is 5.75 Å². The van der Waals surface area contributed by atoms with Gasteiger partial charge in [0.25, 0.3) is 0 Å². The average molecular weight is 275 g/mol. The van der Waals surface area contributed by atoms with Crippen LogP contribution in [0.25, 0.3) is 0 Å². The largest absolute Gasteiger partial charge is 0.482 e. The van der Waals surface area contributed by atoms with Gasteiger partial charge in [-0.2, -0.15) is 0 Å². The highest BCUT2D eigenvalue weighted by Gasteiger charge is 2.22. The fraction of sp³-hybridized carbons (Fsp3) is 0.267. The maximum atomic E-state index is 12.3. The summed E-state index contributed by atoms with van der Waals surface area (Å²) < 4.78 is 5.80. The molecule has 0 bridgehead atoms. The van der Waals surface area contributed by atoms with Crippen LogP contribution in [0.4, 0.5) is 5.69 Å². The molecule has 1 aromatic carbocycles. The summed E-state index contributed by atoms with van der Waals surface area (Å²) >= 11 is 1.44. The Labute approximate surface area is 117 Å². The predicted molar refractivity (Wildman–Crippen MR) is 78.8 cm³/mol. The molecule has 0 saturated heterocycles. The Morgan fingerprint density at radius 1 is 1.37 bits per heavy atom. The summed E-state index contributed by atoms with van der Waals surface area (Å²) in [6.07, 6.45) is 1.15. The first kappa shape index (κ1) is 13.6. The molecule has 4 heteroatoms. The van der Waals surface area contributed by atoms with Crippen molar-refractivity contribution in [2.45, 2.75) is 25.9 Å². The van der Waals surface area contributed by atoms with Gasteiger partial charge >= 0.3 is 0 Å². The van der Waals surface area contributed by atoms with E-state index in [1.54, 1.807) is 12.1 Å². The lowest BCUT2D eigenvalue weighted by atomic mass is 10.1. The maximum Gasteiger partial charge on any atom is 0.213 e. The summed E-state index contributed by atoms with van der Waals surface area (Å²) in [5.41, 5.74) is 6.35. The molecule has 0 radical (unpaired) electrons. The number of carbonyl (C=O) groups is 1. The molecule has 2 rings (SSSR count). The van der Waals surface area contributed by atoms with E-state index in [0.29, 0.717) is 17.9 Å². The molecule has 2 aromatic rings. The molecule has 0 fully saturated rings. The van der Waals surface area contributed by atoms with E-state index in [1.165, 1.54) is 11.3 Å². The Morgan fingerprint density at radius 3 is 2.84 bits per heavy atom. The summed E-state index contributed by atoms with van der Waals surface area (Å²) in [4.78, 5) is 13.1. The van der Waals surface area contributed by atoms with E-state index < -0.39 is 6.10 Å². The molecule has 0 amide bonds. The van der Waals surface area contributed by atoms with Crippen molar-refractivity contribution in [2.75, 3.05) is 5.73 Å². The van der Waals surface area contributed by atoms with E-state index in [2.05, 4.69) is 0 Å². The van der Waals surface area contributed by atoms with E-state index in [4.69, 9.17) is 10.5 Å². The van der Waals surface area contributed by atoms with Gasteiger partial charge in [0.05, 0.1) is 4.88 Å². The Kier molecular flexibility index (Phi) is 4.58. The summed E-state index contributed by atoms with van der Waals surface area (Å²) in [5.74, 6) is 0.683. The van der Waals surface area contributed by atoms with Crippen molar-refractivity contribution in [2.24, 2.45) is 0 Å². The van der Waals surface area contributed by atoms with Crippen LogP contribution in [0, 0.1) is 0 Å². The summed E-state index contributed by atoms with van der Waals surface area (Å²) in [6, 6.07) is 10.9. The number of hydrogen-bond acceptors (Lipinski definition) is 4. The van der Waals surface area contributed by atoms with Gasteiger partial charge in [-0.05, 0) is 30.0 Å². The second kappa shape index (κ2) is 6.38. The van der Waals surface area contributed by atoms with Crippen molar-refractivity contribution in [1.29, 1.82) is 0 Å². The quantitative estimate of drug-likeness (QED) is 0.645. The highest BCUT2D eigenvalue weighted by molar-refractivity contribution is 7.12. The minimum absolute atomic E-state index is 0.0410. The topological polar surface area (TPSA) is 52.3 Å². The van der Waals surface area contributed by atoms with Crippen LogP contribution in [-0.2, 0) is 0 Å². The standard InChI is InChI=1S/C15H17NO2S/c1-2-5-13(15(17)14-8-4-9-19-14)18-12-7-3-6-11(16)10-12/h3-4,6-10,13H,2,5,16H2,1H3. The monoisotopic (exact) mass is 275 g/mol. The number of anilines is 1. The lowest BCUT2D eigenvalue weighted by Crippen LogP contribution is -2.26. The second-order valence-electron chi connectivity index (χ2n) is 4.31. The van der Waals surface area contributed by atoms with Gasteiger partial charge in [-0.3, -0.25) is 4.79 Å². The summed E-state index contributed by atoms with van der Waals surface area (Å²) in [5, 5.41) is 1.90. The van der Waals surface area contributed by atoms with Crippen LogP contribution in [0.2, 0.25) is 0 Å². The molecular weight excluding hydrogens is 258 g/mol. The number of hydrogen-bond donors (Lipinski definition) is 1. The number of benzene rings is 1. The first-order valence-electron chi connectivity index (χ1n) is 6.30. The number of carbonyl (C=O) groups excluding carboxylic acids is 1. The molecule has 0 aliphatic heterocycles. The number of nitrogen functional groups attached to an aromatic ring is 1. The molecule has 0 saturated carbocycles. The maximum absolute atomic E-state index is 12.3. The molecule has 1 aromatic heterocycles. The third-order valence-corrected chi connectivity index (χ3v) is 3.63. The molecule has 1 unspecified atom stereocenters. The summed E-state index contributed by atoms with van der Waals surface area (Å²) in [7, 11) is 0. The fourth-order valence-electron chi connectivity index (χ4n) is 1.84. The lowest BCUT2D eigenvalue weighted by Gasteiger charge is -2.17. The van der Waals surface area contributed by atoms with Gasteiger partial charge in [-0.25, -0.2) is 0 Å². The molecule has 1 heterocycles. The van der Waals surface area contributed by atoms with Crippen molar-refractivity contribution in [3.63, 3.8) is 0 Å². The number of Topliss-reactive ketones (excluding diaryl/α,β-unsaturated/α-hetero) is 1. The van der Waals surface area contributed by atoms with E-state index >= 15 is 0 Å². The van der Waals surface area contributed by atoms with E-state index in [9.17, 15) is 4.79 Å². The lowest BCUT2D eigenvalue weighted by molar-refractivity contribution is 0.0782. The van der Waals surface area contributed by atoms with Crippen LogP contribution >= 0.6 is 11.3 Å². The van der Waals surface area contributed by atoms with Gasteiger partial charge in [-0.15, -0.1) is 11.3 Å². The highest BCUT2D eigenvalue weighted by Crippen LogP contribution is 2.21. The first-order chi connectivity index (χ1) is 9.20. The fourth-order valence-corrected chi connectivity index (χ4v) is 2.54. The molecule has 2 N–H and O–H groups in total. The Morgan fingerprint density at radius 2 is 2.21 bits per heavy atom. The zero-order chi connectivity index (χ0) is 13.7. The van der Waals surface area contributed by atoms with E-state index in [-0.39, 0.29) is 5.78 Å². The molecule has 100 valence electrons. The van der Waals surface area contributed by atoms with Gasteiger partial charge in [-0.1, -0.05) is 25.5 Å². The van der Waals surface area contributed by atoms with Crippen molar-refractivity contribution in [3.8, 4) is 5.75 Å². The number of nitrogens with two attached hydrogens (primary N) is 1. The number of rotatable bonds is 6. The van der Waals surface area contributed by atoms with Crippen LogP contribution in [-0.4, -0.2) is 11.9 Å².